The quantitative estimate of drug-likeness (QED) is 0.877. The Balaban J connectivity index is 1.89. The van der Waals surface area contributed by atoms with Crippen LogP contribution in [0.4, 0.5) is 5.69 Å². The smallest absolute Gasteiger partial charge is 0.227 e. The van der Waals surface area contributed by atoms with Gasteiger partial charge in [-0.15, -0.1) is 0 Å². The predicted octanol–water partition coefficient (Wildman–Crippen LogP) is 4.42. The van der Waals surface area contributed by atoms with E-state index in [0.717, 1.165) is 54.7 Å². The molecule has 0 unspecified atom stereocenters. The molecule has 1 heterocycles. The number of anilines is 1. The van der Waals surface area contributed by atoms with E-state index in [0.29, 0.717) is 5.02 Å². The summed E-state index contributed by atoms with van der Waals surface area (Å²) in [6, 6.07) is 7.51. The lowest BCUT2D eigenvalue weighted by molar-refractivity contribution is -0.119. The van der Waals surface area contributed by atoms with Crippen molar-refractivity contribution in [1.82, 2.24) is 10.2 Å². The van der Waals surface area contributed by atoms with Crippen molar-refractivity contribution in [2.45, 2.75) is 39.0 Å². The van der Waals surface area contributed by atoms with Crippen LogP contribution in [0.2, 0.25) is 5.02 Å². The monoisotopic (exact) mass is 317 g/mol. The van der Waals surface area contributed by atoms with Gasteiger partial charge in [0.2, 0.25) is 5.91 Å². The fraction of sp³-hybridized carbons (Fsp3) is 0.412. The number of carbonyl (C=O) groups is 1. The summed E-state index contributed by atoms with van der Waals surface area (Å²) in [6.07, 6.45) is 5.06. The Morgan fingerprint density at radius 2 is 2.00 bits per heavy atom. The molecule has 5 heteroatoms. The molecule has 116 valence electrons. The van der Waals surface area contributed by atoms with Crippen LogP contribution in [0.15, 0.2) is 24.3 Å². The van der Waals surface area contributed by atoms with Gasteiger partial charge < -0.3 is 5.32 Å². The van der Waals surface area contributed by atoms with Crippen LogP contribution in [-0.2, 0) is 11.2 Å². The minimum Gasteiger partial charge on any atom is -0.322 e. The van der Waals surface area contributed by atoms with Gasteiger partial charge in [0.1, 0.15) is 5.69 Å². The number of aromatic amines is 1. The third kappa shape index (κ3) is 3.02. The van der Waals surface area contributed by atoms with E-state index in [1.807, 2.05) is 31.2 Å². The molecule has 22 heavy (non-hydrogen) atoms. The van der Waals surface area contributed by atoms with Crippen LogP contribution in [0, 0.1) is 5.92 Å². The summed E-state index contributed by atoms with van der Waals surface area (Å²) in [5.74, 6) is 0.251. The summed E-state index contributed by atoms with van der Waals surface area (Å²) in [7, 11) is 0. The van der Waals surface area contributed by atoms with Crippen molar-refractivity contribution >= 4 is 23.2 Å². The molecule has 3 rings (SSSR count). The molecule has 1 fully saturated rings. The summed E-state index contributed by atoms with van der Waals surface area (Å²) in [5, 5.41) is 11.2. The molecule has 2 aromatic rings. The molecule has 2 N–H and O–H groups in total. The molecule has 0 spiro atoms. The van der Waals surface area contributed by atoms with Gasteiger partial charge in [-0.1, -0.05) is 43.5 Å². The van der Waals surface area contributed by atoms with E-state index in [4.69, 9.17) is 11.6 Å². The van der Waals surface area contributed by atoms with Crippen LogP contribution in [-0.4, -0.2) is 16.1 Å². The zero-order valence-electron chi connectivity index (χ0n) is 12.7. The van der Waals surface area contributed by atoms with Crippen molar-refractivity contribution in [3.05, 3.63) is 35.0 Å². The Hall–Kier alpha value is -1.81. The number of nitrogens with one attached hydrogen (secondary N) is 2. The Morgan fingerprint density at radius 1 is 1.32 bits per heavy atom. The normalized spacial score (nSPS) is 15.2. The van der Waals surface area contributed by atoms with Gasteiger partial charge in [0.05, 0.1) is 11.4 Å². The molecular formula is C17H20ClN3O. The SMILES string of the molecule is CCc1[nH]nc(-c2ccc(Cl)cc2)c1NC(=O)C1CCCC1. The van der Waals surface area contributed by atoms with Crippen molar-refractivity contribution in [2.75, 3.05) is 5.32 Å². The van der Waals surface area contributed by atoms with Crippen LogP contribution in [0.5, 0.6) is 0 Å². The lowest BCUT2D eigenvalue weighted by Gasteiger charge is -2.12. The zero-order chi connectivity index (χ0) is 15.5. The van der Waals surface area contributed by atoms with E-state index in [-0.39, 0.29) is 11.8 Å². The Bertz CT molecular complexity index is 657. The highest BCUT2D eigenvalue weighted by Crippen LogP contribution is 2.32. The van der Waals surface area contributed by atoms with Crippen LogP contribution < -0.4 is 5.32 Å². The maximum absolute atomic E-state index is 12.4. The number of hydrogen-bond donors (Lipinski definition) is 2. The average molecular weight is 318 g/mol. The van der Waals surface area contributed by atoms with Crippen LogP contribution >= 0.6 is 11.6 Å². The number of aromatic nitrogens is 2. The molecule has 1 amide bonds. The van der Waals surface area contributed by atoms with Gasteiger partial charge in [0, 0.05) is 16.5 Å². The maximum Gasteiger partial charge on any atom is 0.227 e. The van der Waals surface area contributed by atoms with Crippen molar-refractivity contribution in [3.63, 3.8) is 0 Å². The first-order valence-electron chi connectivity index (χ1n) is 7.83. The number of halogens is 1. The number of aryl methyl sites for hydroxylation is 1. The Labute approximate surface area is 135 Å². The van der Waals surface area contributed by atoms with Crippen LogP contribution in [0.25, 0.3) is 11.3 Å². The molecule has 0 aliphatic heterocycles. The van der Waals surface area contributed by atoms with E-state index >= 15 is 0 Å². The summed E-state index contributed by atoms with van der Waals surface area (Å²) in [5.41, 5.74) is 3.49. The standard InChI is InChI=1S/C17H20ClN3O/c1-2-14-16(19-17(22)12-5-3-4-6-12)15(21-20-14)11-7-9-13(18)10-8-11/h7-10,12H,2-6H2,1H3,(H,19,22)(H,20,21). The molecular weight excluding hydrogens is 298 g/mol. The molecule has 0 saturated heterocycles. The fourth-order valence-electron chi connectivity index (χ4n) is 3.00. The third-order valence-electron chi connectivity index (χ3n) is 4.29. The molecule has 1 aromatic carbocycles. The molecule has 1 saturated carbocycles. The molecule has 4 nitrogen and oxygen atoms in total. The van der Waals surface area contributed by atoms with Crippen molar-refractivity contribution < 1.29 is 4.79 Å². The van der Waals surface area contributed by atoms with Gasteiger partial charge in [-0.25, -0.2) is 0 Å². The molecule has 0 bridgehead atoms. The number of nitrogens with zero attached hydrogens (tertiary/aromatic N) is 1. The first kappa shape index (κ1) is 15.1. The van der Waals surface area contributed by atoms with Crippen molar-refractivity contribution in [3.8, 4) is 11.3 Å². The highest BCUT2D eigenvalue weighted by molar-refractivity contribution is 6.30. The van der Waals surface area contributed by atoms with Crippen LogP contribution in [0.1, 0.15) is 38.3 Å². The first-order chi connectivity index (χ1) is 10.7. The minimum absolute atomic E-state index is 0.115. The molecule has 0 atom stereocenters. The predicted molar refractivity (Wildman–Crippen MR) is 89.0 cm³/mol. The minimum atomic E-state index is 0.115. The largest absolute Gasteiger partial charge is 0.322 e. The highest BCUT2D eigenvalue weighted by atomic mass is 35.5. The van der Waals surface area contributed by atoms with E-state index in [1.165, 1.54) is 0 Å². The summed E-state index contributed by atoms with van der Waals surface area (Å²) < 4.78 is 0. The lowest BCUT2D eigenvalue weighted by atomic mass is 10.1. The summed E-state index contributed by atoms with van der Waals surface area (Å²) in [4.78, 5) is 12.4. The molecule has 1 aliphatic carbocycles. The number of amides is 1. The highest BCUT2D eigenvalue weighted by Gasteiger charge is 2.25. The topological polar surface area (TPSA) is 57.8 Å². The van der Waals surface area contributed by atoms with Gasteiger partial charge in [-0.2, -0.15) is 5.10 Å². The van der Waals surface area contributed by atoms with Crippen molar-refractivity contribution in [2.24, 2.45) is 5.92 Å². The van der Waals surface area contributed by atoms with E-state index in [1.54, 1.807) is 0 Å². The van der Waals surface area contributed by atoms with E-state index < -0.39 is 0 Å². The third-order valence-corrected chi connectivity index (χ3v) is 4.54. The fourth-order valence-corrected chi connectivity index (χ4v) is 3.12. The molecule has 0 radical (unpaired) electrons. The van der Waals surface area contributed by atoms with E-state index in [9.17, 15) is 4.79 Å². The maximum atomic E-state index is 12.4. The number of hydrogen-bond acceptors (Lipinski definition) is 2. The zero-order valence-corrected chi connectivity index (χ0v) is 13.4. The number of H-pyrrole nitrogens is 1. The summed E-state index contributed by atoms with van der Waals surface area (Å²) in [6.45, 7) is 2.05. The molecule has 1 aromatic heterocycles. The number of rotatable bonds is 4. The van der Waals surface area contributed by atoms with Gasteiger partial charge in [0.15, 0.2) is 0 Å². The second-order valence-electron chi connectivity index (χ2n) is 5.76. The van der Waals surface area contributed by atoms with Gasteiger partial charge >= 0.3 is 0 Å². The average Bonchev–Trinajstić information content (AvgIpc) is 3.17. The second kappa shape index (κ2) is 6.53. The second-order valence-corrected chi connectivity index (χ2v) is 6.19. The molecule has 1 aliphatic rings. The van der Waals surface area contributed by atoms with Gasteiger partial charge in [0.25, 0.3) is 0 Å². The van der Waals surface area contributed by atoms with Gasteiger partial charge in [-0.3, -0.25) is 9.89 Å². The lowest BCUT2D eigenvalue weighted by Crippen LogP contribution is -2.21. The van der Waals surface area contributed by atoms with E-state index in [2.05, 4.69) is 15.5 Å². The van der Waals surface area contributed by atoms with Crippen molar-refractivity contribution in [1.29, 1.82) is 0 Å². The van der Waals surface area contributed by atoms with Gasteiger partial charge in [-0.05, 0) is 31.4 Å². The van der Waals surface area contributed by atoms with Crippen LogP contribution in [0.3, 0.4) is 0 Å². The Kier molecular flexibility index (Phi) is 4.48. The Morgan fingerprint density at radius 3 is 2.64 bits per heavy atom. The summed E-state index contributed by atoms with van der Waals surface area (Å²) >= 11 is 5.94. The first-order valence-corrected chi connectivity index (χ1v) is 8.21. The number of benzene rings is 1. The number of carbonyl (C=O) groups excluding carboxylic acids is 1.